The van der Waals surface area contributed by atoms with Crippen molar-refractivity contribution in [1.82, 2.24) is 5.32 Å². The van der Waals surface area contributed by atoms with Gasteiger partial charge >= 0.3 is 0 Å². The second kappa shape index (κ2) is 5.82. The van der Waals surface area contributed by atoms with E-state index in [0.29, 0.717) is 17.6 Å². The zero-order valence-corrected chi connectivity index (χ0v) is 9.80. The van der Waals surface area contributed by atoms with Gasteiger partial charge in [0.2, 0.25) is 0 Å². The van der Waals surface area contributed by atoms with Gasteiger partial charge in [0.05, 0.1) is 12.2 Å². The molecule has 0 saturated heterocycles. The minimum atomic E-state index is -0.542. The summed E-state index contributed by atoms with van der Waals surface area (Å²) in [6.07, 6.45) is 0. The van der Waals surface area contributed by atoms with E-state index in [4.69, 9.17) is 4.74 Å². The Hall–Kier alpha value is -0.940. The number of carbonyl (C=O) groups is 1. The van der Waals surface area contributed by atoms with Crippen LogP contribution in [0.4, 0.5) is 4.39 Å². The number of amides is 1. The first kappa shape index (κ1) is 12.1. The zero-order chi connectivity index (χ0) is 11.3. The van der Waals surface area contributed by atoms with Crippen molar-refractivity contribution in [3.63, 3.8) is 0 Å². The third kappa shape index (κ3) is 3.60. The molecular formula is C10H11BrFNO2. The molecule has 15 heavy (non-hydrogen) atoms. The van der Waals surface area contributed by atoms with Crippen molar-refractivity contribution in [1.29, 1.82) is 0 Å². The molecule has 5 heteroatoms. The number of hydrogen-bond acceptors (Lipinski definition) is 2. The zero-order valence-electron chi connectivity index (χ0n) is 8.22. The fourth-order valence-electron chi connectivity index (χ4n) is 1.04. The summed E-state index contributed by atoms with van der Waals surface area (Å²) in [4.78, 5) is 11.4. The van der Waals surface area contributed by atoms with Crippen molar-refractivity contribution in [2.45, 2.75) is 0 Å². The predicted molar refractivity (Wildman–Crippen MR) is 58.3 cm³/mol. The van der Waals surface area contributed by atoms with Crippen LogP contribution in [-0.4, -0.2) is 26.2 Å². The van der Waals surface area contributed by atoms with Crippen LogP contribution in [0, 0.1) is 5.82 Å². The molecule has 0 spiro atoms. The summed E-state index contributed by atoms with van der Waals surface area (Å²) < 4.78 is 18.7. The summed E-state index contributed by atoms with van der Waals surface area (Å²) in [6.45, 7) is 0.773. The smallest absolute Gasteiger partial charge is 0.254 e. The van der Waals surface area contributed by atoms with E-state index in [1.54, 1.807) is 6.07 Å². The minimum Gasteiger partial charge on any atom is -0.383 e. The van der Waals surface area contributed by atoms with Crippen LogP contribution in [0.15, 0.2) is 22.7 Å². The Morgan fingerprint density at radius 1 is 1.60 bits per heavy atom. The number of benzene rings is 1. The Bertz CT molecular complexity index is 357. The monoisotopic (exact) mass is 275 g/mol. The van der Waals surface area contributed by atoms with E-state index in [9.17, 15) is 9.18 Å². The van der Waals surface area contributed by atoms with E-state index in [-0.39, 0.29) is 5.56 Å². The molecule has 0 unspecified atom stereocenters. The lowest BCUT2D eigenvalue weighted by atomic mass is 10.2. The molecule has 1 aromatic carbocycles. The van der Waals surface area contributed by atoms with Gasteiger partial charge < -0.3 is 10.1 Å². The molecule has 0 aliphatic rings. The average molecular weight is 276 g/mol. The fourth-order valence-corrected chi connectivity index (χ4v) is 1.37. The van der Waals surface area contributed by atoms with E-state index in [1.807, 2.05) is 0 Å². The third-order valence-electron chi connectivity index (χ3n) is 1.77. The first-order valence-corrected chi connectivity index (χ1v) is 5.16. The minimum absolute atomic E-state index is 0.0364. The highest BCUT2D eigenvalue weighted by Gasteiger charge is 2.10. The van der Waals surface area contributed by atoms with Gasteiger partial charge in [0, 0.05) is 18.1 Å². The predicted octanol–water partition coefficient (Wildman–Crippen LogP) is 1.96. The quantitative estimate of drug-likeness (QED) is 0.854. The topological polar surface area (TPSA) is 38.3 Å². The normalized spacial score (nSPS) is 10.1. The lowest BCUT2D eigenvalue weighted by Crippen LogP contribution is -2.27. The van der Waals surface area contributed by atoms with E-state index in [0.717, 1.165) is 0 Å². The molecule has 0 heterocycles. The lowest BCUT2D eigenvalue weighted by molar-refractivity contribution is 0.0933. The molecule has 0 radical (unpaired) electrons. The summed E-state index contributed by atoms with van der Waals surface area (Å²) >= 11 is 3.12. The number of nitrogens with one attached hydrogen (secondary N) is 1. The molecule has 0 aromatic heterocycles. The number of halogens is 2. The maximum atomic E-state index is 13.3. The van der Waals surface area contributed by atoms with Crippen molar-refractivity contribution in [2.75, 3.05) is 20.3 Å². The Kier molecular flexibility index (Phi) is 4.71. The van der Waals surface area contributed by atoms with Gasteiger partial charge in [-0.25, -0.2) is 4.39 Å². The largest absolute Gasteiger partial charge is 0.383 e. The molecule has 0 bridgehead atoms. The van der Waals surface area contributed by atoms with Gasteiger partial charge in [0.1, 0.15) is 5.82 Å². The molecule has 82 valence electrons. The van der Waals surface area contributed by atoms with Crippen LogP contribution in [0.2, 0.25) is 0 Å². The summed E-state index contributed by atoms with van der Waals surface area (Å²) in [6, 6.07) is 4.31. The van der Waals surface area contributed by atoms with Crippen LogP contribution >= 0.6 is 15.9 Å². The van der Waals surface area contributed by atoms with Gasteiger partial charge in [-0.15, -0.1) is 0 Å². The molecule has 3 nitrogen and oxygen atoms in total. The van der Waals surface area contributed by atoms with Gasteiger partial charge in [0.15, 0.2) is 0 Å². The number of ether oxygens (including phenoxy) is 1. The summed E-state index contributed by atoms with van der Waals surface area (Å²) in [7, 11) is 1.53. The second-order valence-electron chi connectivity index (χ2n) is 2.87. The number of hydrogen-bond donors (Lipinski definition) is 1. The van der Waals surface area contributed by atoms with Crippen molar-refractivity contribution >= 4 is 21.8 Å². The van der Waals surface area contributed by atoms with Crippen molar-refractivity contribution in [3.05, 3.63) is 34.1 Å². The average Bonchev–Trinajstić information content (AvgIpc) is 2.17. The van der Waals surface area contributed by atoms with Gasteiger partial charge in [-0.1, -0.05) is 15.9 Å². The Balaban J connectivity index is 2.65. The molecule has 1 amide bonds. The molecule has 0 aliphatic carbocycles. The second-order valence-corrected chi connectivity index (χ2v) is 3.79. The SMILES string of the molecule is COCCNC(=O)c1ccc(Br)cc1F. The van der Waals surface area contributed by atoms with E-state index >= 15 is 0 Å². The third-order valence-corrected chi connectivity index (χ3v) is 2.26. The molecule has 0 atom stereocenters. The van der Waals surface area contributed by atoms with Crippen molar-refractivity contribution in [3.8, 4) is 0 Å². The standard InChI is InChI=1S/C10H11BrFNO2/c1-15-5-4-13-10(14)8-3-2-7(11)6-9(8)12/h2-3,6H,4-5H2,1H3,(H,13,14). The number of carbonyl (C=O) groups excluding carboxylic acids is 1. The maximum absolute atomic E-state index is 13.3. The molecular weight excluding hydrogens is 265 g/mol. The molecule has 1 N–H and O–H groups in total. The summed E-state index contributed by atoms with van der Waals surface area (Å²) in [5.74, 6) is -0.976. The van der Waals surface area contributed by atoms with E-state index in [2.05, 4.69) is 21.2 Å². The molecule has 0 saturated carbocycles. The first-order valence-electron chi connectivity index (χ1n) is 4.37. The summed E-state index contributed by atoms with van der Waals surface area (Å²) in [5.41, 5.74) is 0.0364. The Morgan fingerprint density at radius 3 is 2.93 bits per heavy atom. The number of rotatable bonds is 4. The van der Waals surface area contributed by atoms with Gasteiger partial charge in [-0.3, -0.25) is 4.79 Å². The Morgan fingerprint density at radius 2 is 2.33 bits per heavy atom. The van der Waals surface area contributed by atoms with Crippen LogP contribution in [-0.2, 0) is 4.74 Å². The highest BCUT2D eigenvalue weighted by atomic mass is 79.9. The van der Waals surface area contributed by atoms with Crippen LogP contribution in [0.1, 0.15) is 10.4 Å². The van der Waals surface area contributed by atoms with E-state index < -0.39 is 11.7 Å². The van der Waals surface area contributed by atoms with Gasteiger partial charge in [0.25, 0.3) is 5.91 Å². The van der Waals surface area contributed by atoms with Crippen LogP contribution < -0.4 is 5.32 Å². The highest BCUT2D eigenvalue weighted by molar-refractivity contribution is 9.10. The Labute approximate surface area is 95.7 Å². The lowest BCUT2D eigenvalue weighted by Gasteiger charge is -2.05. The summed E-state index contributed by atoms with van der Waals surface area (Å²) in [5, 5.41) is 2.54. The molecule has 0 aliphatic heterocycles. The van der Waals surface area contributed by atoms with Crippen LogP contribution in [0.5, 0.6) is 0 Å². The van der Waals surface area contributed by atoms with Crippen LogP contribution in [0.3, 0.4) is 0 Å². The fraction of sp³-hybridized carbons (Fsp3) is 0.300. The molecule has 0 fully saturated rings. The van der Waals surface area contributed by atoms with Gasteiger partial charge in [-0.05, 0) is 18.2 Å². The van der Waals surface area contributed by atoms with Crippen molar-refractivity contribution in [2.24, 2.45) is 0 Å². The van der Waals surface area contributed by atoms with Crippen LogP contribution in [0.25, 0.3) is 0 Å². The highest BCUT2D eigenvalue weighted by Crippen LogP contribution is 2.14. The molecule has 1 rings (SSSR count). The first-order chi connectivity index (χ1) is 7.15. The van der Waals surface area contributed by atoms with Gasteiger partial charge in [-0.2, -0.15) is 0 Å². The maximum Gasteiger partial charge on any atom is 0.254 e. The van der Waals surface area contributed by atoms with E-state index in [1.165, 1.54) is 19.2 Å². The molecule has 1 aromatic rings. The van der Waals surface area contributed by atoms with Crippen molar-refractivity contribution < 1.29 is 13.9 Å². The number of methoxy groups -OCH3 is 1.